The van der Waals surface area contributed by atoms with Crippen molar-refractivity contribution >= 4 is 17.7 Å². The number of aromatic nitrogens is 1. The summed E-state index contributed by atoms with van der Waals surface area (Å²) in [7, 11) is 3.70. The van der Waals surface area contributed by atoms with Crippen molar-refractivity contribution in [1.82, 2.24) is 14.8 Å². The number of Topliss-reactive ketones (excluding diaryl/α,β-unsaturated/α-hetero) is 1. The second-order valence-electron chi connectivity index (χ2n) is 9.96. The number of H-pyrrole nitrogens is 1. The summed E-state index contributed by atoms with van der Waals surface area (Å²) in [4.78, 5) is 56.6. The number of nitrogens with zero attached hydrogens (tertiary/aromatic N) is 2. The van der Waals surface area contributed by atoms with Crippen LogP contribution in [-0.2, 0) is 16.0 Å². The summed E-state index contributed by atoms with van der Waals surface area (Å²) in [6, 6.07) is 1.38. The van der Waals surface area contributed by atoms with Gasteiger partial charge in [0.05, 0.1) is 0 Å². The lowest BCUT2D eigenvalue weighted by atomic mass is 9.75. The molecule has 166 valence electrons. The van der Waals surface area contributed by atoms with E-state index in [4.69, 9.17) is 4.74 Å². The number of aromatic amines is 1. The summed E-state index contributed by atoms with van der Waals surface area (Å²) >= 11 is 0. The van der Waals surface area contributed by atoms with Crippen molar-refractivity contribution in [2.24, 2.45) is 5.41 Å². The van der Waals surface area contributed by atoms with Gasteiger partial charge in [0.15, 0.2) is 5.78 Å². The van der Waals surface area contributed by atoms with Gasteiger partial charge in [-0.05, 0) is 52.8 Å². The van der Waals surface area contributed by atoms with E-state index in [1.165, 1.54) is 11.0 Å². The van der Waals surface area contributed by atoms with Crippen LogP contribution in [0, 0.1) is 5.41 Å². The highest BCUT2D eigenvalue weighted by atomic mass is 16.6. The number of pyridine rings is 1. The highest BCUT2D eigenvalue weighted by molar-refractivity contribution is 6.02. The Morgan fingerprint density at radius 2 is 1.77 bits per heavy atom. The molecule has 0 spiro atoms. The summed E-state index contributed by atoms with van der Waals surface area (Å²) < 4.78 is 5.34. The summed E-state index contributed by atoms with van der Waals surface area (Å²) in [6.45, 7) is 9.65. The van der Waals surface area contributed by atoms with Crippen molar-refractivity contribution in [3.63, 3.8) is 0 Å². The van der Waals surface area contributed by atoms with Crippen molar-refractivity contribution in [3.05, 3.63) is 33.2 Å². The molecule has 0 fully saturated rings. The monoisotopic (exact) mass is 419 g/mol. The van der Waals surface area contributed by atoms with Crippen LogP contribution in [0.4, 0.5) is 0 Å². The Kier molecular flexibility index (Phi) is 6.91. The topological polar surface area (TPSA) is 99.8 Å². The van der Waals surface area contributed by atoms with Crippen LogP contribution in [-0.4, -0.2) is 71.8 Å². The molecule has 1 N–H and O–H groups in total. The molecule has 1 amide bonds. The Balaban J connectivity index is 2.35. The molecule has 1 aromatic rings. The molecule has 0 saturated heterocycles. The van der Waals surface area contributed by atoms with E-state index in [-0.39, 0.29) is 29.9 Å². The molecule has 8 nitrogen and oxygen atoms in total. The van der Waals surface area contributed by atoms with E-state index < -0.39 is 23.0 Å². The molecular formula is C22H33N3O5. The number of carbonyl (C=O) groups is 3. The zero-order valence-corrected chi connectivity index (χ0v) is 19.0. The molecule has 0 aromatic carbocycles. The molecule has 0 unspecified atom stereocenters. The second kappa shape index (κ2) is 8.71. The van der Waals surface area contributed by atoms with Gasteiger partial charge in [-0.15, -0.1) is 0 Å². The van der Waals surface area contributed by atoms with Gasteiger partial charge in [0.1, 0.15) is 17.7 Å². The van der Waals surface area contributed by atoms with Gasteiger partial charge in [0.2, 0.25) is 0 Å². The molecule has 8 heteroatoms. The van der Waals surface area contributed by atoms with E-state index in [1.54, 1.807) is 20.8 Å². The minimum absolute atomic E-state index is 0.0986. The van der Waals surface area contributed by atoms with Gasteiger partial charge in [-0.25, -0.2) is 0 Å². The summed E-state index contributed by atoms with van der Waals surface area (Å²) in [5.41, 5.74) is -0.678. The summed E-state index contributed by atoms with van der Waals surface area (Å²) in [5.74, 6) is -1.25. The third kappa shape index (κ3) is 6.26. The lowest BCUT2D eigenvalue weighted by Gasteiger charge is -2.30. The molecule has 0 aliphatic heterocycles. The van der Waals surface area contributed by atoms with Crippen molar-refractivity contribution in [2.45, 2.75) is 53.1 Å². The maximum absolute atomic E-state index is 13.2. The Hall–Kier alpha value is -2.48. The lowest BCUT2D eigenvalue weighted by Crippen LogP contribution is -2.44. The number of carbonyl (C=O) groups excluding carboxylic acids is 3. The molecule has 0 bridgehead atoms. The standard InChI is InChI=1S/C22H33N3O5/c1-21(2,3)30-18(27)13-25(9-8-24(6)7)20(29)15-10-14-16(23-19(15)28)11-22(4,5)12-17(14)26/h10H,8-9,11-13H2,1-7H3,(H,23,28). The first-order valence-corrected chi connectivity index (χ1v) is 10.1. The first-order chi connectivity index (χ1) is 13.7. The fourth-order valence-electron chi connectivity index (χ4n) is 3.46. The zero-order valence-electron chi connectivity index (χ0n) is 19.0. The number of amides is 1. The first kappa shape index (κ1) is 23.8. The van der Waals surface area contributed by atoms with Crippen molar-refractivity contribution < 1.29 is 19.1 Å². The highest BCUT2D eigenvalue weighted by Gasteiger charge is 2.33. The van der Waals surface area contributed by atoms with Gasteiger partial charge in [-0.3, -0.25) is 19.2 Å². The molecule has 0 saturated carbocycles. The number of nitrogens with one attached hydrogen (secondary N) is 1. The molecule has 1 aromatic heterocycles. The summed E-state index contributed by atoms with van der Waals surface area (Å²) in [5, 5.41) is 0. The molecular weight excluding hydrogens is 386 g/mol. The van der Waals surface area contributed by atoms with Gasteiger partial charge < -0.3 is 19.5 Å². The molecule has 1 heterocycles. The van der Waals surface area contributed by atoms with Crippen LogP contribution in [0.2, 0.25) is 0 Å². The van der Waals surface area contributed by atoms with Gasteiger partial charge in [0.25, 0.3) is 11.5 Å². The van der Waals surface area contributed by atoms with E-state index in [0.717, 1.165) is 0 Å². The summed E-state index contributed by atoms with van der Waals surface area (Å²) in [6.07, 6.45) is 0.905. The van der Waals surface area contributed by atoms with Crippen LogP contribution >= 0.6 is 0 Å². The molecule has 1 aliphatic carbocycles. The molecule has 1 aliphatic rings. The van der Waals surface area contributed by atoms with E-state index in [2.05, 4.69) is 4.98 Å². The van der Waals surface area contributed by atoms with Gasteiger partial charge in [-0.2, -0.15) is 0 Å². The second-order valence-corrected chi connectivity index (χ2v) is 9.96. The number of ether oxygens (including phenoxy) is 1. The third-order valence-corrected chi connectivity index (χ3v) is 4.79. The van der Waals surface area contributed by atoms with Crippen molar-refractivity contribution in [3.8, 4) is 0 Å². The van der Waals surface area contributed by atoms with Crippen LogP contribution < -0.4 is 5.56 Å². The average Bonchev–Trinajstić information content (AvgIpc) is 2.54. The number of rotatable bonds is 6. The van der Waals surface area contributed by atoms with E-state index in [0.29, 0.717) is 30.6 Å². The molecule has 0 atom stereocenters. The van der Waals surface area contributed by atoms with Crippen LogP contribution in [0.3, 0.4) is 0 Å². The lowest BCUT2D eigenvalue weighted by molar-refractivity contribution is -0.155. The predicted molar refractivity (Wildman–Crippen MR) is 114 cm³/mol. The number of fused-ring (bicyclic) bond motifs is 1. The van der Waals surface area contributed by atoms with Gasteiger partial charge >= 0.3 is 5.97 Å². The van der Waals surface area contributed by atoms with Gasteiger partial charge in [0, 0.05) is 30.8 Å². The number of hydrogen-bond acceptors (Lipinski definition) is 6. The zero-order chi connectivity index (χ0) is 22.9. The van der Waals surface area contributed by atoms with Crippen molar-refractivity contribution in [1.29, 1.82) is 0 Å². The molecule has 30 heavy (non-hydrogen) atoms. The molecule has 0 radical (unpaired) electrons. The Morgan fingerprint density at radius 3 is 2.33 bits per heavy atom. The fourth-order valence-corrected chi connectivity index (χ4v) is 3.46. The minimum atomic E-state index is -0.685. The Labute approximate surface area is 177 Å². The third-order valence-electron chi connectivity index (χ3n) is 4.79. The quantitative estimate of drug-likeness (QED) is 0.707. The van der Waals surface area contributed by atoms with Crippen molar-refractivity contribution in [2.75, 3.05) is 33.7 Å². The molecule has 2 rings (SSSR count). The minimum Gasteiger partial charge on any atom is -0.459 e. The number of ketones is 1. The normalized spacial score (nSPS) is 15.7. The van der Waals surface area contributed by atoms with E-state index in [9.17, 15) is 19.2 Å². The van der Waals surface area contributed by atoms with Crippen LogP contribution in [0.25, 0.3) is 0 Å². The number of esters is 1. The van der Waals surface area contributed by atoms with E-state index >= 15 is 0 Å². The highest BCUT2D eigenvalue weighted by Crippen LogP contribution is 2.33. The van der Waals surface area contributed by atoms with Crippen LogP contribution in [0.15, 0.2) is 10.9 Å². The maximum atomic E-state index is 13.2. The Bertz CT molecular complexity index is 893. The van der Waals surface area contributed by atoms with E-state index in [1.807, 2.05) is 32.8 Å². The first-order valence-electron chi connectivity index (χ1n) is 10.1. The van der Waals surface area contributed by atoms with Crippen LogP contribution in [0.1, 0.15) is 67.4 Å². The Morgan fingerprint density at radius 1 is 1.13 bits per heavy atom. The maximum Gasteiger partial charge on any atom is 0.326 e. The van der Waals surface area contributed by atoms with Gasteiger partial charge in [-0.1, -0.05) is 13.8 Å². The smallest absolute Gasteiger partial charge is 0.326 e. The number of hydrogen-bond donors (Lipinski definition) is 1. The number of likely N-dealkylation sites (N-methyl/N-ethyl adjacent to an activating group) is 1. The average molecular weight is 420 g/mol. The largest absolute Gasteiger partial charge is 0.459 e. The fraction of sp³-hybridized carbons (Fsp3) is 0.636. The SMILES string of the molecule is CN(C)CCN(CC(=O)OC(C)(C)C)C(=O)c1cc2c([nH]c1=O)CC(C)(C)CC2=O. The predicted octanol–water partition coefficient (Wildman–Crippen LogP) is 1.88. The van der Waals surface area contributed by atoms with Crippen LogP contribution in [0.5, 0.6) is 0 Å².